The van der Waals surface area contributed by atoms with Gasteiger partial charge in [0, 0.05) is 40.7 Å². The van der Waals surface area contributed by atoms with Crippen molar-refractivity contribution >= 4 is 23.2 Å². The number of hydrogen-bond acceptors (Lipinski definition) is 3. The summed E-state index contributed by atoms with van der Waals surface area (Å²) in [5, 5.41) is 0. The first-order chi connectivity index (χ1) is 23.1. The van der Waals surface area contributed by atoms with Crippen LogP contribution in [0, 0.1) is 11.8 Å². The first-order valence-electron chi connectivity index (χ1n) is 18.6. The molecule has 47 heavy (non-hydrogen) atoms. The van der Waals surface area contributed by atoms with Gasteiger partial charge in [-0.2, -0.15) is 0 Å². The van der Waals surface area contributed by atoms with Crippen LogP contribution in [-0.4, -0.2) is 24.5 Å². The molecule has 5 atom stereocenters. The number of hydrogen-bond donors (Lipinski definition) is 0. The SMILES string of the molecule is CC1(C)C2=C(CCC=C2)c2ccc(N(C3=CC=C(C4=CC5C6CCCCC6N(c6ccccc6)C5C=C4)CC3)C3CCCC=N3)cc21. The zero-order valence-electron chi connectivity index (χ0n) is 28.2. The van der Waals surface area contributed by atoms with E-state index in [1.807, 2.05) is 0 Å². The van der Waals surface area contributed by atoms with E-state index < -0.39 is 0 Å². The van der Waals surface area contributed by atoms with Gasteiger partial charge in [0.05, 0.1) is 6.04 Å². The third-order valence-electron chi connectivity index (χ3n) is 12.6. The number of allylic oxidation sites excluding steroid dienone is 10. The fraction of sp³-hybridized carbons (Fsp3) is 0.432. The highest BCUT2D eigenvalue weighted by atomic mass is 15.3. The number of anilines is 2. The lowest BCUT2D eigenvalue weighted by atomic mass is 9.75. The minimum atomic E-state index is 0.0401. The van der Waals surface area contributed by atoms with Gasteiger partial charge in [0.1, 0.15) is 6.17 Å². The Hall–Kier alpha value is -3.85. The van der Waals surface area contributed by atoms with Crippen molar-refractivity contribution in [1.82, 2.24) is 0 Å². The van der Waals surface area contributed by atoms with Crippen molar-refractivity contribution in [2.75, 3.05) is 9.80 Å². The summed E-state index contributed by atoms with van der Waals surface area (Å²) in [5.41, 5.74) is 13.2. The van der Waals surface area contributed by atoms with Crippen LogP contribution in [0.1, 0.15) is 95.6 Å². The lowest BCUT2D eigenvalue weighted by Crippen LogP contribution is -2.38. The van der Waals surface area contributed by atoms with Gasteiger partial charge in [-0.25, -0.2) is 0 Å². The summed E-state index contributed by atoms with van der Waals surface area (Å²) in [4.78, 5) is 10.5. The van der Waals surface area contributed by atoms with Gasteiger partial charge in [0.2, 0.25) is 0 Å². The zero-order chi connectivity index (χ0) is 31.5. The van der Waals surface area contributed by atoms with Crippen LogP contribution in [-0.2, 0) is 5.41 Å². The summed E-state index contributed by atoms with van der Waals surface area (Å²) < 4.78 is 0. The minimum Gasteiger partial charge on any atom is -0.361 e. The fourth-order valence-corrected chi connectivity index (χ4v) is 10.3. The highest BCUT2D eigenvalue weighted by Crippen LogP contribution is 2.52. The van der Waals surface area contributed by atoms with Crippen molar-refractivity contribution in [2.45, 2.75) is 108 Å². The van der Waals surface area contributed by atoms with E-state index >= 15 is 0 Å². The lowest BCUT2D eigenvalue weighted by Gasteiger charge is -2.37. The van der Waals surface area contributed by atoms with E-state index in [1.165, 1.54) is 77.0 Å². The van der Waals surface area contributed by atoms with Crippen molar-refractivity contribution in [2.24, 2.45) is 16.8 Å². The summed E-state index contributed by atoms with van der Waals surface area (Å²) in [5.74, 6) is 1.35. The Bertz CT molecular complexity index is 1780. The van der Waals surface area contributed by atoms with Crippen LogP contribution in [0.15, 0.2) is 118 Å². The molecule has 0 N–H and O–H groups in total. The van der Waals surface area contributed by atoms with Crippen molar-refractivity contribution in [3.63, 3.8) is 0 Å². The Labute approximate surface area is 281 Å². The summed E-state index contributed by atoms with van der Waals surface area (Å²) in [6.07, 6.45) is 32.9. The maximum absolute atomic E-state index is 5.09. The van der Waals surface area contributed by atoms with Crippen LogP contribution < -0.4 is 9.80 Å². The summed E-state index contributed by atoms with van der Waals surface area (Å²) in [6.45, 7) is 4.83. The van der Waals surface area contributed by atoms with Crippen molar-refractivity contribution < 1.29 is 0 Å². The maximum atomic E-state index is 5.09. The predicted molar refractivity (Wildman–Crippen MR) is 198 cm³/mol. The molecule has 7 aliphatic rings. The third kappa shape index (κ3) is 4.87. The number of aliphatic imine (C=N–C) groups is 1. The number of fused-ring (bicyclic) bond motifs is 5. The molecule has 0 amide bonds. The molecule has 9 rings (SSSR count). The lowest BCUT2D eigenvalue weighted by molar-refractivity contribution is 0.305. The molecule has 0 spiro atoms. The van der Waals surface area contributed by atoms with Crippen molar-refractivity contribution in [3.05, 3.63) is 125 Å². The molecule has 0 bridgehead atoms. The van der Waals surface area contributed by atoms with Crippen molar-refractivity contribution in [1.29, 1.82) is 0 Å². The monoisotopic (exact) mass is 619 g/mol. The van der Waals surface area contributed by atoms with E-state index in [0.29, 0.717) is 18.0 Å². The fourth-order valence-electron chi connectivity index (χ4n) is 10.3. The number of nitrogens with zero attached hydrogens (tertiary/aromatic N) is 3. The van der Waals surface area contributed by atoms with Gasteiger partial charge in [-0.1, -0.05) is 87.4 Å². The van der Waals surface area contributed by atoms with E-state index in [0.717, 1.165) is 44.4 Å². The van der Waals surface area contributed by atoms with Crippen LogP contribution in [0.2, 0.25) is 0 Å². The van der Waals surface area contributed by atoms with Gasteiger partial charge in [-0.3, -0.25) is 4.99 Å². The van der Waals surface area contributed by atoms with Crippen LogP contribution in [0.4, 0.5) is 11.4 Å². The van der Waals surface area contributed by atoms with E-state index in [4.69, 9.17) is 4.99 Å². The van der Waals surface area contributed by atoms with Crippen LogP contribution in [0.25, 0.3) is 5.57 Å². The van der Waals surface area contributed by atoms with Gasteiger partial charge >= 0.3 is 0 Å². The summed E-state index contributed by atoms with van der Waals surface area (Å²) in [7, 11) is 0. The standard InChI is InChI=1S/C44H49N3/c1-44(2)39-16-8-6-14-35(39)36-25-24-34(29-40(36)44)46(43-18-10-11-27-45-43)33-22-19-30(20-23-33)31-21-26-42-38(28-31)37-15-7-9-17-41(37)47(42)32-12-4-3-5-13-32/h3-5,8,12-13,16,19,21-22,24-29,37-38,41-43H,6-7,9-11,14-15,17-18,20,23H2,1-2H3. The molecule has 5 unspecified atom stereocenters. The highest BCUT2D eigenvalue weighted by Gasteiger charge is 2.48. The third-order valence-corrected chi connectivity index (χ3v) is 12.6. The Balaban J connectivity index is 1.03. The molecule has 1 saturated carbocycles. The quantitative estimate of drug-likeness (QED) is 0.332. The molecule has 2 aliphatic heterocycles. The molecule has 2 aromatic carbocycles. The van der Waals surface area contributed by atoms with Crippen LogP contribution in [0.5, 0.6) is 0 Å². The number of para-hydroxylation sites is 1. The first-order valence-corrected chi connectivity index (χ1v) is 18.6. The summed E-state index contributed by atoms with van der Waals surface area (Å²) >= 11 is 0. The molecular weight excluding hydrogens is 571 g/mol. The topological polar surface area (TPSA) is 18.8 Å². The second kappa shape index (κ2) is 11.7. The molecule has 0 radical (unpaired) electrons. The Morgan fingerprint density at radius 3 is 2.60 bits per heavy atom. The van der Waals surface area contributed by atoms with Gasteiger partial charge in [-0.15, -0.1) is 0 Å². The maximum Gasteiger partial charge on any atom is 0.124 e. The van der Waals surface area contributed by atoms with Gasteiger partial charge in [0.15, 0.2) is 0 Å². The summed E-state index contributed by atoms with van der Waals surface area (Å²) in [6, 6.07) is 19.7. The van der Waals surface area contributed by atoms with Gasteiger partial charge in [-0.05, 0) is 127 Å². The van der Waals surface area contributed by atoms with E-state index in [9.17, 15) is 0 Å². The smallest absolute Gasteiger partial charge is 0.124 e. The molecule has 2 aromatic rings. The second-order valence-electron chi connectivity index (χ2n) is 15.5. The molecule has 1 saturated heterocycles. The average molecular weight is 620 g/mol. The largest absolute Gasteiger partial charge is 0.361 e. The molecule has 240 valence electrons. The zero-order valence-corrected chi connectivity index (χ0v) is 28.2. The molecule has 5 aliphatic carbocycles. The molecule has 2 heterocycles. The van der Waals surface area contributed by atoms with Crippen molar-refractivity contribution in [3.8, 4) is 0 Å². The Morgan fingerprint density at radius 1 is 0.872 bits per heavy atom. The predicted octanol–water partition coefficient (Wildman–Crippen LogP) is 10.6. The normalized spacial score (nSPS) is 30.2. The van der Waals surface area contributed by atoms with Gasteiger partial charge in [0.25, 0.3) is 0 Å². The average Bonchev–Trinajstić information content (AvgIpc) is 3.58. The van der Waals surface area contributed by atoms with Crippen LogP contribution in [0.3, 0.4) is 0 Å². The number of rotatable bonds is 5. The van der Waals surface area contributed by atoms with Crippen LogP contribution >= 0.6 is 0 Å². The Morgan fingerprint density at radius 2 is 1.77 bits per heavy atom. The minimum absolute atomic E-state index is 0.0401. The Kier molecular flexibility index (Phi) is 7.29. The molecular formula is C44H49N3. The van der Waals surface area contributed by atoms with E-state index in [-0.39, 0.29) is 11.6 Å². The second-order valence-corrected chi connectivity index (χ2v) is 15.5. The van der Waals surface area contributed by atoms with Gasteiger partial charge < -0.3 is 9.80 Å². The van der Waals surface area contributed by atoms with E-state index in [2.05, 4.69) is 121 Å². The first kappa shape index (κ1) is 29.3. The molecule has 3 heteroatoms. The molecule has 2 fully saturated rings. The molecule has 3 nitrogen and oxygen atoms in total. The van der Waals surface area contributed by atoms with E-state index in [1.54, 1.807) is 5.57 Å². The number of benzene rings is 2. The highest BCUT2D eigenvalue weighted by molar-refractivity contribution is 5.84. The molecule has 0 aromatic heterocycles.